The summed E-state index contributed by atoms with van der Waals surface area (Å²) >= 11 is 0. The summed E-state index contributed by atoms with van der Waals surface area (Å²) in [5, 5.41) is 2.72. The highest BCUT2D eigenvalue weighted by atomic mass is 32.2. The molecule has 11 heteroatoms. The molecule has 30 heavy (non-hydrogen) atoms. The summed E-state index contributed by atoms with van der Waals surface area (Å²) in [5.41, 5.74) is 0.151. The van der Waals surface area contributed by atoms with Gasteiger partial charge in [-0.25, -0.2) is 14.3 Å². The van der Waals surface area contributed by atoms with Gasteiger partial charge in [-0.1, -0.05) is 30.3 Å². The third-order valence-corrected chi connectivity index (χ3v) is 5.00. The van der Waals surface area contributed by atoms with Crippen molar-refractivity contribution in [3.63, 3.8) is 0 Å². The summed E-state index contributed by atoms with van der Waals surface area (Å²) in [6.07, 6.45) is -0.829. The van der Waals surface area contributed by atoms with Crippen molar-refractivity contribution in [2.45, 2.75) is 58.0 Å². The van der Waals surface area contributed by atoms with Crippen LogP contribution in [0, 0.1) is 0 Å². The summed E-state index contributed by atoms with van der Waals surface area (Å²) in [6, 6.07) is 8.69. The summed E-state index contributed by atoms with van der Waals surface area (Å²) < 4.78 is 43.7. The van der Waals surface area contributed by atoms with Crippen LogP contribution in [-0.2, 0) is 31.0 Å². The van der Waals surface area contributed by atoms with Crippen LogP contribution in [-0.4, -0.2) is 51.5 Å². The van der Waals surface area contributed by atoms with Crippen molar-refractivity contribution in [2.24, 2.45) is 0 Å². The maximum absolute atomic E-state index is 12.0. The Bertz CT molecular complexity index is 801. The number of nitrogens with one attached hydrogen (secondary N) is 3. The van der Waals surface area contributed by atoms with E-state index in [9.17, 15) is 18.0 Å². The molecule has 1 heterocycles. The maximum atomic E-state index is 12.0. The van der Waals surface area contributed by atoms with Gasteiger partial charge < -0.3 is 19.5 Å². The van der Waals surface area contributed by atoms with E-state index < -0.39 is 28.0 Å². The molecular weight excluding hydrogens is 414 g/mol. The standard InChI is InChI=1S/C19H29N3O7S/c1-19(2,3)29-17(23)21-15-9-10-16(27-13-15)11-20-30(25,26)22-18(24)28-12-14-7-5-4-6-8-14/h4-8,15-16,20H,9-13H2,1-3H3,(H,21,23)(H,22,24)/t15-,16+/m1/s1. The first kappa shape index (κ1) is 23.9. The predicted molar refractivity (Wildman–Crippen MR) is 109 cm³/mol. The largest absolute Gasteiger partial charge is 0.444 e. The molecule has 0 saturated carbocycles. The number of alkyl carbamates (subject to hydrolysis) is 1. The van der Waals surface area contributed by atoms with Crippen LogP contribution in [0.5, 0.6) is 0 Å². The first-order valence-electron chi connectivity index (χ1n) is 9.61. The summed E-state index contributed by atoms with van der Waals surface area (Å²) in [4.78, 5) is 23.5. The lowest BCUT2D eigenvalue weighted by atomic mass is 10.1. The van der Waals surface area contributed by atoms with Crippen molar-refractivity contribution in [3.05, 3.63) is 35.9 Å². The Kier molecular flexibility index (Phi) is 8.44. The molecule has 1 fully saturated rings. The molecule has 0 spiro atoms. The molecule has 168 valence electrons. The highest BCUT2D eigenvalue weighted by Crippen LogP contribution is 2.14. The molecule has 1 aromatic rings. The van der Waals surface area contributed by atoms with Crippen molar-refractivity contribution in [2.75, 3.05) is 13.2 Å². The molecule has 2 amide bonds. The topological polar surface area (TPSA) is 132 Å². The van der Waals surface area contributed by atoms with Gasteiger partial charge in [-0.05, 0) is 39.2 Å². The number of ether oxygens (including phenoxy) is 3. The highest BCUT2D eigenvalue weighted by Gasteiger charge is 2.26. The Balaban J connectivity index is 1.66. The van der Waals surface area contributed by atoms with Gasteiger partial charge in [0, 0.05) is 6.54 Å². The minimum atomic E-state index is -4.08. The van der Waals surface area contributed by atoms with Crippen LogP contribution in [0.4, 0.5) is 9.59 Å². The number of rotatable bonds is 7. The van der Waals surface area contributed by atoms with Gasteiger partial charge in [0.15, 0.2) is 0 Å². The number of carbonyl (C=O) groups is 2. The number of hydrogen-bond acceptors (Lipinski definition) is 7. The Hall–Kier alpha value is -2.37. The van der Waals surface area contributed by atoms with Crippen molar-refractivity contribution in [1.82, 2.24) is 14.8 Å². The number of carbonyl (C=O) groups excluding carboxylic acids is 2. The number of hydrogen-bond donors (Lipinski definition) is 3. The zero-order valence-electron chi connectivity index (χ0n) is 17.3. The molecule has 1 aliphatic rings. The lowest BCUT2D eigenvalue weighted by Crippen LogP contribution is -2.48. The third kappa shape index (κ3) is 9.42. The lowest BCUT2D eigenvalue weighted by Gasteiger charge is -2.30. The number of amides is 2. The molecule has 0 radical (unpaired) electrons. The van der Waals surface area contributed by atoms with Gasteiger partial charge in [0.25, 0.3) is 0 Å². The van der Waals surface area contributed by atoms with Crippen molar-refractivity contribution in [3.8, 4) is 0 Å². The molecule has 0 aromatic heterocycles. The van der Waals surface area contributed by atoms with Crippen LogP contribution in [0.25, 0.3) is 0 Å². The fourth-order valence-corrected chi connectivity index (χ4v) is 3.41. The van der Waals surface area contributed by atoms with E-state index in [1.54, 1.807) is 49.8 Å². The van der Waals surface area contributed by atoms with Crippen LogP contribution < -0.4 is 14.8 Å². The Labute approximate surface area is 176 Å². The second-order valence-corrected chi connectivity index (χ2v) is 9.39. The molecular formula is C19H29N3O7S. The number of benzene rings is 1. The van der Waals surface area contributed by atoms with E-state index in [0.717, 1.165) is 5.56 Å². The molecule has 2 rings (SSSR count). The van der Waals surface area contributed by atoms with Gasteiger partial charge >= 0.3 is 22.4 Å². The smallest absolute Gasteiger partial charge is 0.422 e. The first-order valence-corrected chi connectivity index (χ1v) is 11.1. The second-order valence-electron chi connectivity index (χ2n) is 7.89. The maximum Gasteiger partial charge on any atom is 0.422 e. The van der Waals surface area contributed by atoms with Gasteiger partial charge in [-0.3, -0.25) is 0 Å². The Morgan fingerprint density at radius 2 is 1.83 bits per heavy atom. The predicted octanol–water partition coefficient (Wildman–Crippen LogP) is 1.82. The van der Waals surface area contributed by atoms with E-state index in [-0.39, 0.29) is 31.9 Å². The van der Waals surface area contributed by atoms with Crippen molar-refractivity contribution >= 4 is 22.4 Å². The van der Waals surface area contributed by atoms with Gasteiger partial charge in [0.1, 0.15) is 12.2 Å². The molecule has 1 aliphatic heterocycles. The van der Waals surface area contributed by atoms with Gasteiger partial charge in [-0.2, -0.15) is 13.1 Å². The van der Waals surface area contributed by atoms with E-state index in [1.165, 1.54) is 0 Å². The first-order chi connectivity index (χ1) is 14.0. The molecule has 2 atom stereocenters. The normalized spacial score (nSPS) is 19.6. The van der Waals surface area contributed by atoms with Crippen LogP contribution in [0.2, 0.25) is 0 Å². The van der Waals surface area contributed by atoms with E-state index in [2.05, 4.69) is 10.0 Å². The fraction of sp³-hybridized carbons (Fsp3) is 0.579. The summed E-state index contributed by atoms with van der Waals surface area (Å²) in [7, 11) is -4.08. The minimum Gasteiger partial charge on any atom is -0.444 e. The fourth-order valence-electron chi connectivity index (χ4n) is 2.66. The van der Waals surface area contributed by atoms with Gasteiger partial charge in [0.05, 0.1) is 18.8 Å². The van der Waals surface area contributed by atoms with Crippen LogP contribution in [0.1, 0.15) is 39.2 Å². The minimum absolute atomic E-state index is 0.0134. The van der Waals surface area contributed by atoms with Gasteiger partial charge in [-0.15, -0.1) is 0 Å². The zero-order valence-corrected chi connectivity index (χ0v) is 18.2. The quantitative estimate of drug-likeness (QED) is 0.585. The monoisotopic (exact) mass is 443 g/mol. The molecule has 0 unspecified atom stereocenters. The van der Waals surface area contributed by atoms with Crippen LogP contribution in [0.15, 0.2) is 30.3 Å². The Morgan fingerprint density at radius 3 is 2.43 bits per heavy atom. The van der Waals surface area contributed by atoms with Crippen molar-refractivity contribution < 1.29 is 32.2 Å². The third-order valence-electron chi connectivity index (χ3n) is 4.02. The second kappa shape index (κ2) is 10.6. The lowest BCUT2D eigenvalue weighted by molar-refractivity contribution is -0.00480. The summed E-state index contributed by atoms with van der Waals surface area (Å²) in [5.74, 6) is 0. The molecule has 0 aliphatic carbocycles. The zero-order chi connectivity index (χ0) is 22.2. The molecule has 1 saturated heterocycles. The SMILES string of the molecule is CC(C)(C)OC(=O)N[C@@H]1CC[C@@H](CNS(=O)(=O)NC(=O)OCc2ccccc2)OC1. The molecule has 0 bridgehead atoms. The summed E-state index contributed by atoms with van der Waals surface area (Å²) in [6.45, 7) is 5.51. The average molecular weight is 444 g/mol. The van der Waals surface area contributed by atoms with E-state index in [0.29, 0.717) is 12.8 Å². The van der Waals surface area contributed by atoms with E-state index >= 15 is 0 Å². The van der Waals surface area contributed by atoms with Crippen molar-refractivity contribution in [1.29, 1.82) is 0 Å². The highest BCUT2D eigenvalue weighted by molar-refractivity contribution is 7.88. The average Bonchev–Trinajstić information content (AvgIpc) is 2.65. The Morgan fingerprint density at radius 1 is 1.13 bits per heavy atom. The van der Waals surface area contributed by atoms with Crippen LogP contribution >= 0.6 is 0 Å². The molecule has 10 nitrogen and oxygen atoms in total. The van der Waals surface area contributed by atoms with E-state index in [1.807, 2.05) is 6.07 Å². The molecule has 1 aromatic carbocycles. The molecule has 3 N–H and O–H groups in total. The van der Waals surface area contributed by atoms with E-state index in [4.69, 9.17) is 14.2 Å². The van der Waals surface area contributed by atoms with Gasteiger partial charge in [0.2, 0.25) is 0 Å². The van der Waals surface area contributed by atoms with Crippen LogP contribution in [0.3, 0.4) is 0 Å².